The van der Waals surface area contributed by atoms with Crippen molar-refractivity contribution >= 4 is 15.8 Å². The summed E-state index contributed by atoms with van der Waals surface area (Å²) in [5, 5.41) is 3.23. The van der Waals surface area contributed by atoms with Crippen molar-refractivity contribution in [1.29, 1.82) is 0 Å². The molecule has 8 heteroatoms. The van der Waals surface area contributed by atoms with E-state index in [2.05, 4.69) is 17.3 Å². The predicted molar refractivity (Wildman–Crippen MR) is 109 cm³/mol. The first-order chi connectivity index (χ1) is 13.5. The molecule has 0 aliphatic carbocycles. The molecule has 2 aliphatic rings. The first kappa shape index (κ1) is 19.3. The van der Waals surface area contributed by atoms with Gasteiger partial charge in [0.2, 0.25) is 10.0 Å². The second kappa shape index (κ2) is 7.77. The van der Waals surface area contributed by atoms with Crippen molar-refractivity contribution in [3.63, 3.8) is 0 Å². The van der Waals surface area contributed by atoms with Crippen LogP contribution in [-0.2, 0) is 23.0 Å². The lowest BCUT2D eigenvalue weighted by atomic mass is 9.96. The van der Waals surface area contributed by atoms with Gasteiger partial charge >= 0.3 is 0 Å². The smallest absolute Gasteiger partial charge is 0.243 e. The summed E-state index contributed by atoms with van der Waals surface area (Å²) in [5.74, 6) is 1.95. The van der Waals surface area contributed by atoms with Crippen molar-refractivity contribution in [2.45, 2.75) is 36.6 Å². The Morgan fingerprint density at radius 3 is 2.46 bits per heavy atom. The van der Waals surface area contributed by atoms with E-state index in [1.54, 1.807) is 28.6 Å². The van der Waals surface area contributed by atoms with E-state index in [-0.39, 0.29) is 5.92 Å². The number of anilines is 1. The number of aromatic nitrogens is 2. The normalized spacial score (nSPS) is 19.4. The molecule has 1 saturated heterocycles. The Hall–Kier alpha value is -2.03. The van der Waals surface area contributed by atoms with Crippen molar-refractivity contribution in [2.75, 3.05) is 39.0 Å². The molecule has 2 aromatic rings. The summed E-state index contributed by atoms with van der Waals surface area (Å²) in [6, 6.07) is 8.66. The zero-order valence-electron chi connectivity index (χ0n) is 16.4. The molecule has 0 spiro atoms. The van der Waals surface area contributed by atoms with Gasteiger partial charge in [0, 0.05) is 44.7 Å². The molecule has 3 heterocycles. The quantitative estimate of drug-likeness (QED) is 0.845. The second-order valence-electron chi connectivity index (χ2n) is 7.58. The van der Waals surface area contributed by atoms with Crippen LogP contribution in [0.25, 0.3) is 0 Å². The molecule has 1 N–H and O–H groups in total. The van der Waals surface area contributed by atoms with Crippen molar-refractivity contribution in [3.8, 4) is 0 Å². The van der Waals surface area contributed by atoms with Gasteiger partial charge < -0.3 is 10.2 Å². The maximum absolute atomic E-state index is 12.8. The maximum atomic E-state index is 12.8. The molecule has 0 radical (unpaired) electrons. The summed E-state index contributed by atoms with van der Waals surface area (Å²) in [6.07, 6.45) is 2.43. The molecule has 0 unspecified atom stereocenters. The largest absolute Gasteiger partial charge is 0.373 e. The van der Waals surface area contributed by atoms with E-state index < -0.39 is 10.0 Å². The molecule has 7 nitrogen and oxygen atoms in total. The molecule has 1 aromatic carbocycles. The van der Waals surface area contributed by atoms with Crippen LogP contribution >= 0.6 is 0 Å². The Kier molecular flexibility index (Phi) is 5.35. The summed E-state index contributed by atoms with van der Waals surface area (Å²) in [6.45, 7) is 2.84. The van der Waals surface area contributed by atoms with E-state index in [9.17, 15) is 8.42 Å². The lowest BCUT2D eigenvalue weighted by Crippen LogP contribution is -2.38. The van der Waals surface area contributed by atoms with E-state index in [1.807, 2.05) is 13.1 Å². The minimum Gasteiger partial charge on any atom is -0.373 e. The fourth-order valence-electron chi connectivity index (χ4n) is 4.07. The van der Waals surface area contributed by atoms with Crippen molar-refractivity contribution in [3.05, 3.63) is 47.4 Å². The second-order valence-corrected chi connectivity index (χ2v) is 9.52. The van der Waals surface area contributed by atoms with Gasteiger partial charge in [-0.25, -0.2) is 18.4 Å². The highest BCUT2D eigenvalue weighted by atomic mass is 32.2. The van der Waals surface area contributed by atoms with Crippen LogP contribution in [0.15, 0.2) is 35.2 Å². The van der Waals surface area contributed by atoms with Gasteiger partial charge in [-0.2, -0.15) is 4.31 Å². The van der Waals surface area contributed by atoms with Crippen LogP contribution in [0.5, 0.6) is 0 Å². The van der Waals surface area contributed by atoms with E-state index in [0.717, 1.165) is 49.7 Å². The molecule has 0 atom stereocenters. The fraction of sp³-hybridized carbons (Fsp3) is 0.500. The van der Waals surface area contributed by atoms with Crippen LogP contribution < -0.4 is 5.32 Å². The van der Waals surface area contributed by atoms with E-state index >= 15 is 0 Å². The highest BCUT2D eigenvalue weighted by Crippen LogP contribution is 2.32. The number of nitrogens with zero attached hydrogens (tertiary/aromatic N) is 4. The highest BCUT2D eigenvalue weighted by Gasteiger charge is 2.32. The van der Waals surface area contributed by atoms with Crippen LogP contribution in [0.4, 0.5) is 5.82 Å². The molecule has 0 bridgehead atoms. The zero-order valence-corrected chi connectivity index (χ0v) is 17.2. The highest BCUT2D eigenvalue weighted by molar-refractivity contribution is 7.89. The summed E-state index contributed by atoms with van der Waals surface area (Å²) < 4.78 is 27.3. The molecule has 4 rings (SSSR count). The number of hydrogen-bond donors (Lipinski definition) is 1. The lowest BCUT2D eigenvalue weighted by Gasteiger charge is -2.32. The van der Waals surface area contributed by atoms with Gasteiger partial charge in [-0.3, -0.25) is 0 Å². The number of likely N-dealkylation sites (N-methyl/N-ethyl adjacent to an activating group) is 1. The molecule has 28 heavy (non-hydrogen) atoms. The minimum absolute atomic E-state index is 0.187. The van der Waals surface area contributed by atoms with Crippen molar-refractivity contribution < 1.29 is 8.42 Å². The molecule has 1 fully saturated rings. The number of piperidine rings is 1. The first-order valence-corrected chi connectivity index (χ1v) is 11.2. The summed E-state index contributed by atoms with van der Waals surface area (Å²) in [4.78, 5) is 12.3. The van der Waals surface area contributed by atoms with Gasteiger partial charge in [-0.05, 0) is 38.4 Å². The lowest BCUT2D eigenvalue weighted by molar-refractivity contribution is 0.299. The molecular weight excluding hydrogens is 374 g/mol. The average Bonchev–Trinajstić information content (AvgIpc) is 2.73. The number of sulfonamides is 1. The summed E-state index contributed by atoms with van der Waals surface area (Å²) >= 11 is 0. The molecule has 0 saturated carbocycles. The number of fused-ring (bicyclic) bond motifs is 1. The zero-order chi connectivity index (χ0) is 19.7. The Bertz CT molecular complexity index is 941. The molecule has 1 aromatic heterocycles. The number of hydrogen-bond acceptors (Lipinski definition) is 6. The molecule has 2 aliphatic heterocycles. The SMILES string of the molecule is CNc1nc(C2CCN(S(=O)(=O)c3ccccc3)CC2)nc2c1CCN(C)C2. The van der Waals surface area contributed by atoms with Gasteiger partial charge in [0.1, 0.15) is 11.6 Å². The van der Waals surface area contributed by atoms with Crippen molar-refractivity contribution in [1.82, 2.24) is 19.2 Å². The number of rotatable bonds is 4. The van der Waals surface area contributed by atoms with E-state index in [1.165, 1.54) is 5.56 Å². The monoisotopic (exact) mass is 401 g/mol. The van der Waals surface area contributed by atoms with Crippen LogP contribution in [0.2, 0.25) is 0 Å². The minimum atomic E-state index is -3.43. The predicted octanol–water partition coefficient (Wildman–Crippen LogP) is 2.07. The van der Waals surface area contributed by atoms with E-state index in [0.29, 0.717) is 18.0 Å². The third-order valence-corrected chi connectivity index (χ3v) is 7.62. The Morgan fingerprint density at radius 2 is 1.79 bits per heavy atom. The van der Waals surface area contributed by atoms with Gasteiger partial charge in [-0.15, -0.1) is 0 Å². The topological polar surface area (TPSA) is 78.4 Å². The number of benzene rings is 1. The average molecular weight is 402 g/mol. The van der Waals surface area contributed by atoms with Crippen LogP contribution in [0.1, 0.15) is 35.8 Å². The Balaban J connectivity index is 1.52. The molecule has 150 valence electrons. The summed E-state index contributed by atoms with van der Waals surface area (Å²) in [7, 11) is 0.582. The fourth-order valence-corrected chi connectivity index (χ4v) is 5.56. The Labute approximate surface area is 166 Å². The van der Waals surface area contributed by atoms with Crippen LogP contribution in [0.3, 0.4) is 0 Å². The van der Waals surface area contributed by atoms with Crippen molar-refractivity contribution in [2.24, 2.45) is 0 Å². The third-order valence-electron chi connectivity index (χ3n) is 5.71. The van der Waals surface area contributed by atoms with Gasteiger partial charge in [0.15, 0.2) is 0 Å². The standard InChI is InChI=1S/C20H27N5O2S/c1-21-20-17-10-11-24(2)14-18(17)22-19(23-20)15-8-12-25(13-9-15)28(26,27)16-6-4-3-5-7-16/h3-7,15H,8-14H2,1-2H3,(H,21,22,23). The van der Waals surface area contributed by atoms with Gasteiger partial charge in [-0.1, -0.05) is 18.2 Å². The number of nitrogens with one attached hydrogen (secondary N) is 1. The van der Waals surface area contributed by atoms with E-state index in [4.69, 9.17) is 9.97 Å². The van der Waals surface area contributed by atoms with Gasteiger partial charge in [0.05, 0.1) is 10.6 Å². The van der Waals surface area contributed by atoms with Gasteiger partial charge in [0.25, 0.3) is 0 Å². The molecular formula is C20H27N5O2S. The third kappa shape index (κ3) is 3.64. The Morgan fingerprint density at radius 1 is 1.07 bits per heavy atom. The molecule has 0 amide bonds. The maximum Gasteiger partial charge on any atom is 0.243 e. The van der Waals surface area contributed by atoms with Crippen LogP contribution in [0, 0.1) is 0 Å². The van der Waals surface area contributed by atoms with Crippen LogP contribution in [-0.4, -0.2) is 61.3 Å². The first-order valence-electron chi connectivity index (χ1n) is 9.80. The summed E-state index contributed by atoms with van der Waals surface area (Å²) in [5.41, 5.74) is 2.32.